The van der Waals surface area contributed by atoms with Crippen molar-refractivity contribution in [2.24, 2.45) is 0 Å². The second kappa shape index (κ2) is 7.55. The fraction of sp³-hybridized carbons (Fsp3) is 0.214. The predicted octanol–water partition coefficient (Wildman–Crippen LogP) is 3.22. The first kappa shape index (κ1) is 17.4. The third-order valence-corrected chi connectivity index (χ3v) is 3.31. The van der Waals surface area contributed by atoms with Gasteiger partial charge in [-0.05, 0) is 16.0 Å². The molecule has 0 atom stereocenters. The van der Waals surface area contributed by atoms with E-state index in [1.807, 2.05) is 0 Å². The molecule has 9 nitrogen and oxygen atoms in total. The van der Waals surface area contributed by atoms with Gasteiger partial charge in [0, 0.05) is 25.7 Å². The number of carbonyl (C=O) groups is 1. The highest BCUT2D eigenvalue weighted by atomic mass is 35.5. The van der Waals surface area contributed by atoms with Gasteiger partial charge in [-0.1, -0.05) is 18.5 Å². The van der Waals surface area contributed by atoms with Gasteiger partial charge in [-0.2, -0.15) is 0 Å². The van der Waals surface area contributed by atoms with Crippen LogP contribution in [0.5, 0.6) is 11.5 Å². The van der Waals surface area contributed by atoms with E-state index in [2.05, 4.69) is 20.6 Å². The summed E-state index contributed by atoms with van der Waals surface area (Å²) in [6.45, 7) is 1.72. The fourth-order valence-corrected chi connectivity index (χ4v) is 2.06. The third kappa shape index (κ3) is 3.87. The topological polar surface area (TPSA) is 119 Å². The summed E-state index contributed by atoms with van der Waals surface area (Å²) in [4.78, 5) is 29.4. The van der Waals surface area contributed by atoms with Crippen LogP contribution in [-0.2, 0) is 4.79 Å². The van der Waals surface area contributed by atoms with E-state index in [-0.39, 0.29) is 22.4 Å². The summed E-state index contributed by atoms with van der Waals surface area (Å²) < 4.78 is 5.59. The first-order chi connectivity index (χ1) is 11.5. The Labute approximate surface area is 142 Å². The summed E-state index contributed by atoms with van der Waals surface area (Å²) in [7, 11) is 1.49. The van der Waals surface area contributed by atoms with Crippen LogP contribution < -0.4 is 15.4 Å². The van der Waals surface area contributed by atoms with Crippen LogP contribution in [-0.4, -0.2) is 27.8 Å². The van der Waals surface area contributed by atoms with Crippen LogP contribution in [0.25, 0.3) is 0 Å². The molecule has 2 N–H and O–H groups in total. The maximum atomic E-state index is 11.4. The van der Waals surface area contributed by atoms with Gasteiger partial charge in [0.1, 0.15) is 16.6 Å². The Morgan fingerprint density at radius 2 is 2.21 bits per heavy atom. The second-order valence-electron chi connectivity index (χ2n) is 4.52. The minimum absolute atomic E-state index is 0.0233. The highest BCUT2D eigenvalue weighted by Gasteiger charge is 2.22. The number of amides is 1. The number of nitrogens with zero attached hydrogens (tertiary/aromatic N) is 3. The number of hydrogen-bond acceptors (Lipinski definition) is 7. The molecule has 0 radical (unpaired) electrons. The Bertz CT molecular complexity index is 784. The number of carbonyl (C=O) groups excluding carboxylic acids is 1. The number of rotatable bonds is 6. The van der Waals surface area contributed by atoms with Gasteiger partial charge in [0.05, 0.1) is 0 Å². The second-order valence-corrected chi connectivity index (χ2v) is 4.90. The number of halogens is 1. The Hall–Kier alpha value is -2.94. The van der Waals surface area contributed by atoms with Crippen LogP contribution in [0.15, 0.2) is 24.5 Å². The highest BCUT2D eigenvalue weighted by Crippen LogP contribution is 2.39. The van der Waals surface area contributed by atoms with Gasteiger partial charge in [-0.25, -0.2) is 4.98 Å². The predicted molar refractivity (Wildman–Crippen MR) is 88.7 cm³/mol. The Morgan fingerprint density at radius 1 is 1.46 bits per heavy atom. The molecule has 0 aliphatic rings. The van der Waals surface area contributed by atoms with Gasteiger partial charge in [0.15, 0.2) is 17.6 Å². The molecule has 0 spiro atoms. The van der Waals surface area contributed by atoms with Gasteiger partial charge in [0.25, 0.3) is 0 Å². The third-order valence-electron chi connectivity index (χ3n) is 2.93. The number of hydrogen-bond donors (Lipinski definition) is 2. The lowest BCUT2D eigenvalue weighted by atomic mass is 10.3. The van der Waals surface area contributed by atoms with Crippen molar-refractivity contribution in [2.75, 3.05) is 17.7 Å². The number of pyridine rings is 2. The van der Waals surface area contributed by atoms with Crippen LogP contribution in [0.1, 0.15) is 13.3 Å². The number of ether oxygens (including phenoxy) is 1. The van der Waals surface area contributed by atoms with E-state index in [0.29, 0.717) is 18.0 Å². The van der Waals surface area contributed by atoms with Crippen LogP contribution in [0.3, 0.4) is 0 Å². The van der Waals surface area contributed by atoms with Gasteiger partial charge in [-0.15, -0.1) is 0 Å². The average Bonchev–Trinajstić information content (AvgIpc) is 2.56. The molecular weight excluding hydrogens is 338 g/mol. The zero-order valence-corrected chi connectivity index (χ0v) is 13.6. The van der Waals surface area contributed by atoms with E-state index in [9.17, 15) is 14.9 Å². The molecule has 2 heterocycles. The summed E-state index contributed by atoms with van der Waals surface area (Å²) in [6, 6.07) is 3.06. The zero-order chi connectivity index (χ0) is 17.7. The van der Waals surface area contributed by atoms with E-state index in [0.717, 1.165) is 6.20 Å². The molecule has 2 aromatic rings. The molecule has 0 aliphatic carbocycles. The molecule has 24 heavy (non-hydrogen) atoms. The number of aromatic nitrogens is 2. The molecule has 0 fully saturated rings. The molecule has 0 saturated carbocycles. The van der Waals surface area contributed by atoms with E-state index >= 15 is 0 Å². The first-order valence-electron chi connectivity index (χ1n) is 6.90. The van der Waals surface area contributed by atoms with E-state index in [1.54, 1.807) is 13.0 Å². The highest BCUT2D eigenvalue weighted by molar-refractivity contribution is 6.35. The van der Waals surface area contributed by atoms with Crippen LogP contribution in [0, 0.1) is 10.1 Å². The lowest BCUT2D eigenvalue weighted by molar-refractivity contribution is -0.388. The summed E-state index contributed by atoms with van der Waals surface area (Å²) >= 11 is 6.14. The molecule has 10 heteroatoms. The zero-order valence-electron chi connectivity index (χ0n) is 12.9. The number of nitro groups is 1. The van der Waals surface area contributed by atoms with E-state index < -0.39 is 10.7 Å². The van der Waals surface area contributed by atoms with Gasteiger partial charge in [0.2, 0.25) is 5.91 Å². The Balaban J connectivity index is 2.30. The van der Waals surface area contributed by atoms with Crippen molar-refractivity contribution < 1.29 is 14.5 Å². The fourth-order valence-electron chi connectivity index (χ4n) is 1.79. The SMILES string of the molecule is CCC(=O)Nc1cc(Oc2cnc([N+](=O)[O-])c(NC)c2Cl)ccn1. The molecule has 0 bridgehead atoms. The number of nitrogens with one attached hydrogen (secondary N) is 2. The standard InChI is InChI=1S/C14H14ClN5O4/c1-3-11(21)19-10-6-8(4-5-17-10)24-9-7-18-14(20(22)23)13(16-2)12(9)15/h4-7,16H,3H2,1-2H3,(H,17,19,21). The smallest absolute Gasteiger partial charge is 0.388 e. The van der Waals surface area contributed by atoms with Crippen LogP contribution in [0.2, 0.25) is 5.02 Å². The summed E-state index contributed by atoms with van der Waals surface area (Å²) in [5.74, 6) is 0.202. The van der Waals surface area contributed by atoms with Crippen molar-refractivity contribution in [3.63, 3.8) is 0 Å². The average molecular weight is 352 g/mol. The van der Waals surface area contributed by atoms with Gasteiger partial charge >= 0.3 is 5.82 Å². The van der Waals surface area contributed by atoms with Crippen LogP contribution in [0.4, 0.5) is 17.3 Å². The summed E-state index contributed by atoms with van der Waals surface area (Å²) in [6.07, 6.45) is 2.93. The molecule has 0 unspecified atom stereocenters. The summed E-state index contributed by atoms with van der Waals surface area (Å²) in [5.41, 5.74) is 0.0488. The maximum Gasteiger partial charge on any atom is 0.388 e. The van der Waals surface area contributed by atoms with Gasteiger partial charge < -0.3 is 25.5 Å². The van der Waals surface area contributed by atoms with E-state index in [1.165, 1.54) is 19.3 Å². The largest absolute Gasteiger partial charge is 0.452 e. The molecular formula is C14H14ClN5O4. The van der Waals surface area contributed by atoms with Crippen molar-refractivity contribution in [3.05, 3.63) is 39.7 Å². The van der Waals surface area contributed by atoms with E-state index in [4.69, 9.17) is 16.3 Å². The monoisotopic (exact) mass is 351 g/mol. The Kier molecular flexibility index (Phi) is 5.48. The van der Waals surface area contributed by atoms with Crippen LogP contribution >= 0.6 is 11.6 Å². The first-order valence-corrected chi connectivity index (χ1v) is 7.28. The van der Waals surface area contributed by atoms with Crippen molar-refractivity contribution >= 4 is 34.8 Å². The van der Waals surface area contributed by atoms with Crippen molar-refractivity contribution in [3.8, 4) is 11.5 Å². The normalized spacial score (nSPS) is 10.1. The molecule has 2 aromatic heterocycles. The summed E-state index contributed by atoms with van der Waals surface area (Å²) in [5, 5.41) is 16.2. The lowest BCUT2D eigenvalue weighted by Crippen LogP contribution is -2.10. The molecule has 1 amide bonds. The van der Waals surface area contributed by atoms with Crippen molar-refractivity contribution in [1.82, 2.24) is 9.97 Å². The quantitative estimate of drug-likeness (QED) is 0.605. The molecule has 2 rings (SSSR count). The number of anilines is 2. The lowest BCUT2D eigenvalue weighted by Gasteiger charge is -2.10. The molecule has 0 aromatic carbocycles. The minimum Gasteiger partial charge on any atom is -0.452 e. The minimum atomic E-state index is -0.647. The van der Waals surface area contributed by atoms with Crippen molar-refractivity contribution in [1.29, 1.82) is 0 Å². The molecule has 0 saturated heterocycles. The molecule has 126 valence electrons. The maximum absolute atomic E-state index is 11.4. The van der Waals surface area contributed by atoms with Crippen molar-refractivity contribution in [2.45, 2.75) is 13.3 Å². The Morgan fingerprint density at radius 3 is 2.83 bits per heavy atom. The molecule has 0 aliphatic heterocycles. The van der Waals surface area contributed by atoms with Gasteiger partial charge in [-0.3, -0.25) is 4.79 Å².